The molecule has 0 saturated carbocycles. The number of thiazole rings is 1. The molecule has 0 amide bonds. The third-order valence-electron chi connectivity index (χ3n) is 2.73. The number of hydrogen-bond donors (Lipinski definition) is 1. The molecule has 5 heteroatoms. The lowest BCUT2D eigenvalue weighted by Gasteiger charge is -2.15. The average Bonchev–Trinajstić information content (AvgIpc) is 2.84. The molecular formula is C15H20N2O2S. The first kappa shape index (κ1) is 14.8. The minimum Gasteiger partial charge on any atom is -0.490 e. The van der Waals surface area contributed by atoms with Gasteiger partial charge in [0.25, 0.3) is 0 Å². The normalized spacial score (nSPS) is 10.6. The van der Waals surface area contributed by atoms with Crippen LogP contribution in [-0.2, 0) is 13.2 Å². The molecule has 4 nitrogen and oxygen atoms in total. The zero-order valence-electron chi connectivity index (χ0n) is 12.1. The van der Waals surface area contributed by atoms with Gasteiger partial charge in [-0.3, -0.25) is 0 Å². The van der Waals surface area contributed by atoms with Crippen LogP contribution < -0.4 is 14.8 Å². The Labute approximate surface area is 123 Å². The Kier molecular flexibility index (Phi) is 5.38. The maximum absolute atomic E-state index is 5.96. The van der Waals surface area contributed by atoms with E-state index in [2.05, 4.69) is 10.3 Å². The molecule has 0 aliphatic carbocycles. The molecule has 20 heavy (non-hydrogen) atoms. The van der Waals surface area contributed by atoms with Crippen LogP contribution in [-0.4, -0.2) is 18.6 Å². The third kappa shape index (κ3) is 3.71. The van der Waals surface area contributed by atoms with Gasteiger partial charge in [0, 0.05) is 23.2 Å². The topological polar surface area (TPSA) is 43.4 Å². The summed E-state index contributed by atoms with van der Waals surface area (Å²) in [6.07, 6.45) is 0. The molecule has 1 aromatic heterocycles. The zero-order valence-corrected chi connectivity index (χ0v) is 12.9. The number of nitrogens with one attached hydrogen (secondary N) is 1. The van der Waals surface area contributed by atoms with Crippen molar-refractivity contribution in [2.75, 3.05) is 13.7 Å². The number of benzene rings is 1. The van der Waals surface area contributed by atoms with Gasteiger partial charge >= 0.3 is 0 Å². The van der Waals surface area contributed by atoms with Gasteiger partial charge in [0.05, 0.1) is 6.61 Å². The highest BCUT2D eigenvalue weighted by Crippen LogP contribution is 2.32. The highest BCUT2D eigenvalue weighted by Gasteiger charge is 2.11. The van der Waals surface area contributed by atoms with E-state index in [4.69, 9.17) is 9.47 Å². The van der Waals surface area contributed by atoms with Crippen molar-refractivity contribution in [1.82, 2.24) is 10.3 Å². The van der Waals surface area contributed by atoms with Crippen LogP contribution in [0.25, 0.3) is 0 Å². The van der Waals surface area contributed by atoms with Crippen molar-refractivity contribution >= 4 is 11.3 Å². The van der Waals surface area contributed by atoms with E-state index in [-0.39, 0.29) is 0 Å². The van der Waals surface area contributed by atoms with E-state index in [1.807, 2.05) is 44.5 Å². The summed E-state index contributed by atoms with van der Waals surface area (Å²) < 4.78 is 11.6. The minimum absolute atomic E-state index is 0.472. The van der Waals surface area contributed by atoms with Gasteiger partial charge in [0.15, 0.2) is 11.5 Å². The van der Waals surface area contributed by atoms with Crippen LogP contribution in [0.4, 0.5) is 0 Å². The Bertz CT molecular complexity index is 530. The lowest BCUT2D eigenvalue weighted by atomic mass is 10.2. The monoisotopic (exact) mass is 292 g/mol. The predicted molar refractivity (Wildman–Crippen MR) is 81.6 cm³/mol. The van der Waals surface area contributed by atoms with Crippen LogP contribution in [0, 0.1) is 6.92 Å². The molecule has 0 atom stereocenters. The molecule has 0 spiro atoms. The molecule has 108 valence electrons. The largest absolute Gasteiger partial charge is 0.490 e. The number of nitrogens with zero attached hydrogens (tertiary/aromatic N) is 1. The van der Waals surface area contributed by atoms with Crippen molar-refractivity contribution in [1.29, 1.82) is 0 Å². The van der Waals surface area contributed by atoms with E-state index >= 15 is 0 Å². The Morgan fingerprint density at radius 3 is 2.80 bits per heavy atom. The second-order valence-electron chi connectivity index (χ2n) is 4.38. The highest BCUT2D eigenvalue weighted by molar-refractivity contribution is 7.09. The molecule has 0 fully saturated rings. The number of aromatic nitrogens is 1. The van der Waals surface area contributed by atoms with Gasteiger partial charge in [-0.2, -0.15) is 0 Å². The summed E-state index contributed by atoms with van der Waals surface area (Å²) in [6.45, 7) is 5.79. The van der Waals surface area contributed by atoms with Crippen LogP contribution in [0.5, 0.6) is 11.5 Å². The summed E-state index contributed by atoms with van der Waals surface area (Å²) in [5.41, 5.74) is 2.12. The first-order valence-corrected chi connectivity index (χ1v) is 7.55. The summed E-state index contributed by atoms with van der Waals surface area (Å²) in [5.74, 6) is 1.59. The van der Waals surface area contributed by atoms with E-state index in [1.165, 1.54) is 0 Å². The number of hydrogen-bond acceptors (Lipinski definition) is 5. The molecule has 0 aliphatic rings. The third-order valence-corrected chi connectivity index (χ3v) is 3.67. The van der Waals surface area contributed by atoms with Crippen LogP contribution in [0.1, 0.15) is 23.2 Å². The molecule has 0 bridgehead atoms. The summed E-state index contributed by atoms with van der Waals surface area (Å²) in [7, 11) is 1.92. The lowest BCUT2D eigenvalue weighted by Crippen LogP contribution is -2.09. The highest BCUT2D eigenvalue weighted by atomic mass is 32.1. The Balaban J connectivity index is 2.18. The van der Waals surface area contributed by atoms with E-state index in [1.54, 1.807) is 11.3 Å². The molecule has 0 unspecified atom stereocenters. The Hall–Kier alpha value is -1.59. The molecule has 0 saturated heterocycles. The second kappa shape index (κ2) is 7.26. The summed E-state index contributed by atoms with van der Waals surface area (Å²) in [4.78, 5) is 4.41. The second-order valence-corrected chi connectivity index (χ2v) is 5.32. The van der Waals surface area contributed by atoms with Gasteiger partial charge in [-0.25, -0.2) is 4.98 Å². The summed E-state index contributed by atoms with van der Waals surface area (Å²) in [5, 5.41) is 6.15. The first-order chi connectivity index (χ1) is 9.74. The van der Waals surface area contributed by atoms with Crippen molar-refractivity contribution in [3.05, 3.63) is 39.8 Å². The predicted octanol–water partition coefficient (Wildman–Crippen LogP) is 3.15. The van der Waals surface area contributed by atoms with Crippen molar-refractivity contribution < 1.29 is 9.47 Å². The standard InChI is InChI=1S/C15H20N2O2S/c1-4-18-13-7-5-6-12(8-16-3)15(13)19-9-14-17-11(2)10-20-14/h5-7,10,16H,4,8-9H2,1-3H3. The fourth-order valence-corrected chi connectivity index (χ4v) is 2.61. The summed E-state index contributed by atoms with van der Waals surface area (Å²) >= 11 is 1.61. The van der Waals surface area contributed by atoms with Crippen molar-refractivity contribution in [3.8, 4) is 11.5 Å². The van der Waals surface area contributed by atoms with Crippen molar-refractivity contribution in [2.45, 2.75) is 27.0 Å². The van der Waals surface area contributed by atoms with Crippen molar-refractivity contribution in [2.24, 2.45) is 0 Å². The average molecular weight is 292 g/mol. The fraction of sp³-hybridized carbons (Fsp3) is 0.400. The van der Waals surface area contributed by atoms with E-state index in [9.17, 15) is 0 Å². The number of para-hydroxylation sites is 1. The fourth-order valence-electron chi connectivity index (χ4n) is 1.93. The van der Waals surface area contributed by atoms with E-state index in [0.29, 0.717) is 13.2 Å². The van der Waals surface area contributed by atoms with Crippen LogP contribution in [0.15, 0.2) is 23.6 Å². The van der Waals surface area contributed by atoms with Gasteiger partial charge in [0.2, 0.25) is 0 Å². The molecule has 1 aromatic carbocycles. The summed E-state index contributed by atoms with van der Waals surface area (Å²) in [6, 6.07) is 5.96. The SMILES string of the molecule is CCOc1cccc(CNC)c1OCc1nc(C)cs1. The van der Waals surface area contributed by atoms with E-state index < -0.39 is 0 Å². The molecule has 0 radical (unpaired) electrons. The zero-order chi connectivity index (χ0) is 14.4. The van der Waals surface area contributed by atoms with Gasteiger partial charge in [-0.05, 0) is 27.0 Å². The minimum atomic E-state index is 0.472. The van der Waals surface area contributed by atoms with Crippen LogP contribution in [0.3, 0.4) is 0 Å². The van der Waals surface area contributed by atoms with Gasteiger partial charge in [-0.1, -0.05) is 12.1 Å². The lowest BCUT2D eigenvalue weighted by molar-refractivity contribution is 0.266. The maximum Gasteiger partial charge on any atom is 0.166 e. The Morgan fingerprint density at radius 1 is 1.30 bits per heavy atom. The molecule has 1 N–H and O–H groups in total. The smallest absolute Gasteiger partial charge is 0.166 e. The van der Waals surface area contributed by atoms with Crippen LogP contribution in [0.2, 0.25) is 0 Å². The molecule has 1 heterocycles. The maximum atomic E-state index is 5.96. The molecular weight excluding hydrogens is 272 g/mol. The first-order valence-electron chi connectivity index (χ1n) is 6.67. The number of rotatable bonds is 7. The molecule has 2 aromatic rings. The molecule has 2 rings (SSSR count). The van der Waals surface area contributed by atoms with E-state index in [0.717, 1.165) is 34.3 Å². The number of ether oxygens (including phenoxy) is 2. The van der Waals surface area contributed by atoms with Crippen molar-refractivity contribution in [3.63, 3.8) is 0 Å². The molecule has 0 aliphatic heterocycles. The van der Waals surface area contributed by atoms with Gasteiger partial charge < -0.3 is 14.8 Å². The Morgan fingerprint density at radius 2 is 2.15 bits per heavy atom. The number of aryl methyl sites for hydroxylation is 1. The van der Waals surface area contributed by atoms with Gasteiger partial charge in [-0.15, -0.1) is 11.3 Å². The quantitative estimate of drug-likeness (QED) is 0.851. The van der Waals surface area contributed by atoms with Gasteiger partial charge in [0.1, 0.15) is 11.6 Å². The van der Waals surface area contributed by atoms with Crippen LogP contribution >= 0.6 is 11.3 Å².